The SMILES string of the molecule is CCNC(C)c1ccc(C)cc1OCC(C)CO. The van der Waals surface area contributed by atoms with E-state index in [2.05, 4.69) is 44.3 Å². The van der Waals surface area contributed by atoms with Gasteiger partial charge in [-0.2, -0.15) is 0 Å². The Kier molecular flexibility index (Phi) is 6.16. The Morgan fingerprint density at radius 2 is 2.06 bits per heavy atom. The van der Waals surface area contributed by atoms with Gasteiger partial charge in [0, 0.05) is 24.1 Å². The Labute approximate surface area is 110 Å². The van der Waals surface area contributed by atoms with E-state index < -0.39 is 0 Å². The van der Waals surface area contributed by atoms with Crippen LogP contribution in [0.15, 0.2) is 18.2 Å². The van der Waals surface area contributed by atoms with Gasteiger partial charge in [-0.05, 0) is 32.0 Å². The van der Waals surface area contributed by atoms with Crippen LogP contribution in [0.3, 0.4) is 0 Å². The number of hydrogen-bond acceptors (Lipinski definition) is 3. The minimum absolute atomic E-state index is 0.157. The number of aryl methyl sites for hydroxylation is 1. The summed E-state index contributed by atoms with van der Waals surface area (Å²) in [5, 5.41) is 12.4. The molecule has 0 amide bonds. The van der Waals surface area contributed by atoms with Gasteiger partial charge in [-0.15, -0.1) is 0 Å². The minimum atomic E-state index is 0.157. The first-order valence-corrected chi connectivity index (χ1v) is 6.66. The fourth-order valence-corrected chi connectivity index (χ4v) is 1.83. The van der Waals surface area contributed by atoms with Crippen LogP contribution in [-0.4, -0.2) is 24.9 Å². The molecular formula is C15H25NO2. The molecule has 1 rings (SSSR count). The Hall–Kier alpha value is -1.06. The number of aliphatic hydroxyl groups is 1. The van der Waals surface area contributed by atoms with Crippen LogP contribution >= 0.6 is 0 Å². The van der Waals surface area contributed by atoms with Crippen LogP contribution in [0.5, 0.6) is 5.75 Å². The van der Waals surface area contributed by atoms with Crippen LogP contribution in [0.4, 0.5) is 0 Å². The Bertz CT molecular complexity index is 366. The molecule has 0 aliphatic rings. The van der Waals surface area contributed by atoms with E-state index in [0.717, 1.165) is 12.3 Å². The van der Waals surface area contributed by atoms with Crippen molar-refractivity contribution in [3.05, 3.63) is 29.3 Å². The van der Waals surface area contributed by atoms with E-state index >= 15 is 0 Å². The van der Waals surface area contributed by atoms with E-state index in [1.165, 1.54) is 11.1 Å². The van der Waals surface area contributed by atoms with Gasteiger partial charge in [0.05, 0.1) is 6.61 Å². The zero-order valence-corrected chi connectivity index (χ0v) is 11.9. The monoisotopic (exact) mass is 251 g/mol. The zero-order chi connectivity index (χ0) is 13.5. The normalized spacial score (nSPS) is 14.3. The highest BCUT2D eigenvalue weighted by Gasteiger charge is 2.12. The quantitative estimate of drug-likeness (QED) is 0.783. The number of nitrogens with one attached hydrogen (secondary N) is 1. The molecular weight excluding hydrogens is 226 g/mol. The Morgan fingerprint density at radius 3 is 2.67 bits per heavy atom. The van der Waals surface area contributed by atoms with Crippen molar-refractivity contribution in [2.75, 3.05) is 19.8 Å². The van der Waals surface area contributed by atoms with Gasteiger partial charge in [-0.25, -0.2) is 0 Å². The van der Waals surface area contributed by atoms with Crippen molar-refractivity contribution >= 4 is 0 Å². The summed E-state index contributed by atoms with van der Waals surface area (Å²) in [4.78, 5) is 0. The van der Waals surface area contributed by atoms with Gasteiger partial charge < -0.3 is 15.2 Å². The molecule has 0 saturated carbocycles. The highest BCUT2D eigenvalue weighted by Crippen LogP contribution is 2.26. The maximum absolute atomic E-state index is 9.04. The van der Waals surface area contributed by atoms with Crippen molar-refractivity contribution in [3.63, 3.8) is 0 Å². The van der Waals surface area contributed by atoms with E-state index in [9.17, 15) is 0 Å². The van der Waals surface area contributed by atoms with Crippen LogP contribution in [0.2, 0.25) is 0 Å². The van der Waals surface area contributed by atoms with Crippen molar-refractivity contribution in [1.29, 1.82) is 0 Å². The second-order valence-electron chi connectivity index (χ2n) is 4.92. The molecule has 1 aromatic carbocycles. The molecule has 0 aliphatic carbocycles. The lowest BCUT2D eigenvalue weighted by Crippen LogP contribution is -2.19. The molecule has 0 aliphatic heterocycles. The molecule has 0 saturated heterocycles. The Morgan fingerprint density at radius 1 is 1.33 bits per heavy atom. The molecule has 3 nitrogen and oxygen atoms in total. The maximum Gasteiger partial charge on any atom is 0.124 e. The first-order chi connectivity index (χ1) is 8.58. The van der Waals surface area contributed by atoms with Gasteiger partial charge in [0.15, 0.2) is 0 Å². The lowest BCUT2D eigenvalue weighted by Gasteiger charge is -2.19. The third kappa shape index (κ3) is 4.31. The Balaban J connectivity index is 2.82. The molecule has 0 heterocycles. The molecule has 0 bridgehead atoms. The van der Waals surface area contributed by atoms with E-state index in [4.69, 9.17) is 9.84 Å². The van der Waals surface area contributed by atoms with Crippen LogP contribution in [0, 0.1) is 12.8 Å². The summed E-state index contributed by atoms with van der Waals surface area (Å²) in [7, 11) is 0. The van der Waals surface area contributed by atoms with Crippen LogP contribution in [-0.2, 0) is 0 Å². The topological polar surface area (TPSA) is 41.5 Å². The summed E-state index contributed by atoms with van der Waals surface area (Å²) in [6.45, 7) is 9.90. The third-order valence-electron chi connectivity index (χ3n) is 2.98. The number of rotatable bonds is 7. The number of ether oxygens (including phenoxy) is 1. The summed E-state index contributed by atoms with van der Waals surface area (Å²) in [5.74, 6) is 1.08. The number of benzene rings is 1. The van der Waals surface area contributed by atoms with Crippen molar-refractivity contribution in [2.24, 2.45) is 5.92 Å². The van der Waals surface area contributed by atoms with Crippen LogP contribution in [0.25, 0.3) is 0 Å². The molecule has 0 aromatic heterocycles. The largest absolute Gasteiger partial charge is 0.493 e. The van der Waals surface area contributed by atoms with Crippen LogP contribution < -0.4 is 10.1 Å². The van der Waals surface area contributed by atoms with Gasteiger partial charge in [0.2, 0.25) is 0 Å². The van der Waals surface area contributed by atoms with Crippen molar-refractivity contribution in [3.8, 4) is 5.75 Å². The van der Waals surface area contributed by atoms with Crippen molar-refractivity contribution < 1.29 is 9.84 Å². The fourth-order valence-electron chi connectivity index (χ4n) is 1.83. The van der Waals surface area contributed by atoms with Gasteiger partial charge in [0.1, 0.15) is 5.75 Å². The lowest BCUT2D eigenvalue weighted by molar-refractivity contribution is 0.173. The summed E-state index contributed by atoms with van der Waals surface area (Å²) < 4.78 is 5.84. The summed E-state index contributed by atoms with van der Waals surface area (Å²) in [6, 6.07) is 6.55. The standard InChI is InChI=1S/C15H25NO2/c1-5-16-13(4)14-7-6-11(2)8-15(14)18-10-12(3)9-17/h6-8,12-13,16-17H,5,9-10H2,1-4H3. The van der Waals surface area contributed by atoms with E-state index in [1.807, 2.05) is 6.92 Å². The van der Waals surface area contributed by atoms with Gasteiger partial charge in [-0.1, -0.05) is 26.0 Å². The van der Waals surface area contributed by atoms with E-state index in [0.29, 0.717) is 6.61 Å². The van der Waals surface area contributed by atoms with E-state index in [-0.39, 0.29) is 18.6 Å². The fraction of sp³-hybridized carbons (Fsp3) is 0.600. The molecule has 0 spiro atoms. The predicted octanol–water partition coefficient (Wildman–Crippen LogP) is 2.67. The molecule has 0 radical (unpaired) electrons. The predicted molar refractivity (Wildman–Crippen MR) is 75.0 cm³/mol. The van der Waals surface area contributed by atoms with Crippen LogP contribution in [0.1, 0.15) is 37.9 Å². The summed E-state index contributed by atoms with van der Waals surface area (Å²) in [5.41, 5.74) is 2.36. The molecule has 2 unspecified atom stereocenters. The second-order valence-corrected chi connectivity index (χ2v) is 4.92. The first kappa shape index (κ1) is 15.0. The molecule has 2 atom stereocenters. The molecule has 3 heteroatoms. The zero-order valence-electron chi connectivity index (χ0n) is 11.9. The number of aliphatic hydroxyl groups excluding tert-OH is 1. The summed E-state index contributed by atoms with van der Waals surface area (Å²) in [6.07, 6.45) is 0. The highest BCUT2D eigenvalue weighted by atomic mass is 16.5. The first-order valence-electron chi connectivity index (χ1n) is 6.66. The van der Waals surface area contributed by atoms with Gasteiger partial charge in [-0.3, -0.25) is 0 Å². The average Bonchev–Trinajstić information content (AvgIpc) is 2.36. The lowest BCUT2D eigenvalue weighted by atomic mass is 10.0. The average molecular weight is 251 g/mol. The van der Waals surface area contributed by atoms with Crippen molar-refractivity contribution in [1.82, 2.24) is 5.32 Å². The highest BCUT2D eigenvalue weighted by molar-refractivity contribution is 5.39. The smallest absolute Gasteiger partial charge is 0.124 e. The molecule has 2 N–H and O–H groups in total. The second kappa shape index (κ2) is 7.39. The minimum Gasteiger partial charge on any atom is -0.493 e. The molecule has 18 heavy (non-hydrogen) atoms. The van der Waals surface area contributed by atoms with E-state index in [1.54, 1.807) is 0 Å². The maximum atomic E-state index is 9.04. The molecule has 102 valence electrons. The van der Waals surface area contributed by atoms with Crippen molar-refractivity contribution in [2.45, 2.75) is 33.7 Å². The number of hydrogen-bond donors (Lipinski definition) is 2. The van der Waals surface area contributed by atoms with Gasteiger partial charge in [0.25, 0.3) is 0 Å². The molecule has 0 fully saturated rings. The van der Waals surface area contributed by atoms with Gasteiger partial charge >= 0.3 is 0 Å². The summed E-state index contributed by atoms with van der Waals surface area (Å²) >= 11 is 0. The molecule has 1 aromatic rings. The third-order valence-corrected chi connectivity index (χ3v) is 2.98.